The number of aryl methyl sites for hydroxylation is 2. The second-order valence-electron chi connectivity index (χ2n) is 4.06. The van der Waals surface area contributed by atoms with Crippen LogP contribution < -0.4 is 0 Å². The summed E-state index contributed by atoms with van der Waals surface area (Å²) in [5.41, 5.74) is 2.74. The van der Waals surface area contributed by atoms with Gasteiger partial charge in [0.2, 0.25) is 0 Å². The summed E-state index contributed by atoms with van der Waals surface area (Å²) in [4.78, 5) is 18.0. The van der Waals surface area contributed by atoms with Crippen molar-refractivity contribution >= 4 is 17.6 Å². The first-order valence-corrected chi connectivity index (χ1v) is 5.97. The van der Waals surface area contributed by atoms with Gasteiger partial charge in [-0.15, -0.1) is 0 Å². The number of aromatic amines is 1. The molecule has 0 aliphatic heterocycles. The molecular weight excluding hydrogens is 252 g/mol. The number of H-pyrrole nitrogens is 1. The first kappa shape index (κ1) is 12.6. The Bertz CT molecular complexity index is 561. The molecule has 0 aliphatic carbocycles. The number of imidazole rings is 1. The quantitative estimate of drug-likeness (QED) is 0.892. The lowest BCUT2D eigenvalue weighted by atomic mass is 10.1. The molecule has 0 saturated carbocycles. The Labute approximate surface area is 110 Å². The summed E-state index contributed by atoms with van der Waals surface area (Å²) >= 11 is 5.84. The average Bonchev–Trinajstić information content (AvgIpc) is 2.69. The van der Waals surface area contributed by atoms with Crippen LogP contribution in [0, 0.1) is 6.92 Å². The van der Waals surface area contributed by atoms with Crippen molar-refractivity contribution in [3.63, 3.8) is 0 Å². The Morgan fingerprint density at radius 3 is 2.67 bits per heavy atom. The molecule has 5 heteroatoms. The molecule has 1 aromatic carbocycles. The van der Waals surface area contributed by atoms with Crippen molar-refractivity contribution in [1.29, 1.82) is 0 Å². The molecule has 18 heavy (non-hydrogen) atoms. The van der Waals surface area contributed by atoms with Crippen LogP contribution in [0.5, 0.6) is 0 Å². The second-order valence-corrected chi connectivity index (χ2v) is 4.49. The van der Waals surface area contributed by atoms with Gasteiger partial charge in [-0.25, -0.2) is 4.98 Å². The highest BCUT2D eigenvalue weighted by atomic mass is 35.5. The molecule has 0 bridgehead atoms. The molecular formula is C13H13ClN2O2. The number of rotatable bonds is 4. The van der Waals surface area contributed by atoms with E-state index in [2.05, 4.69) is 9.97 Å². The summed E-state index contributed by atoms with van der Waals surface area (Å²) in [6.07, 6.45) is 0.483. The third-order valence-electron chi connectivity index (χ3n) is 2.63. The van der Waals surface area contributed by atoms with Crippen LogP contribution in [-0.4, -0.2) is 21.0 Å². The van der Waals surface area contributed by atoms with Gasteiger partial charge < -0.3 is 10.1 Å². The van der Waals surface area contributed by atoms with Gasteiger partial charge in [-0.05, 0) is 19.1 Å². The van der Waals surface area contributed by atoms with Gasteiger partial charge in [0.05, 0.1) is 12.1 Å². The minimum atomic E-state index is -0.822. The molecule has 0 spiro atoms. The fraction of sp³-hybridized carbons (Fsp3) is 0.231. The molecule has 94 valence electrons. The Morgan fingerprint density at radius 1 is 1.39 bits per heavy atom. The lowest BCUT2D eigenvalue weighted by Crippen LogP contribution is -1.98. The van der Waals surface area contributed by atoms with Crippen molar-refractivity contribution in [2.45, 2.75) is 19.8 Å². The van der Waals surface area contributed by atoms with Crippen LogP contribution in [0.1, 0.15) is 17.9 Å². The van der Waals surface area contributed by atoms with Crippen molar-refractivity contribution in [3.05, 3.63) is 40.8 Å². The minimum absolute atomic E-state index is 0.0764. The molecule has 0 fully saturated rings. The normalized spacial score (nSPS) is 10.6. The molecule has 2 aromatic rings. The Kier molecular flexibility index (Phi) is 3.67. The fourth-order valence-corrected chi connectivity index (χ4v) is 1.88. The molecule has 1 heterocycles. The number of nitrogens with one attached hydrogen (secondary N) is 1. The van der Waals surface area contributed by atoms with Gasteiger partial charge in [-0.1, -0.05) is 23.7 Å². The number of aliphatic carboxylic acids is 1. The fourth-order valence-electron chi connectivity index (χ4n) is 1.75. The minimum Gasteiger partial charge on any atom is -0.481 e. The van der Waals surface area contributed by atoms with E-state index >= 15 is 0 Å². The van der Waals surface area contributed by atoms with Crippen LogP contribution >= 0.6 is 11.6 Å². The Hall–Kier alpha value is -1.81. The van der Waals surface area contributed by atoms with E-state index in [1.807, 2.05) is 31.2 Å². The lowest BCUT2D eigenvalue weighted by molar-refractivity contribution is -0.137. The van der Waals surface area contributed by atoms with Gasteiger partial charge in [-0.2, -0.15) is 0 Å². The van der Waals surface area contributed by atoms with Gasteiger partial charge in [0, 0.05) is 22.7 Å². The van der Waals surface area contributed by atoms with E-state index in [1.165, 1.54) is 0 Å². The van der Waals surface area contributed by atoms with E-state index in [0.29, 0.717) is 17.3 Å². The summed E-state index contributed by atoms with van der Waals surface area (Å²) in [5, 5.41) is 9.32. The second kappa shape index (κ2) is 5.23. The number of aromatic nitrogens is 2. The lowest BCUT2D eigenvalue weighted by Gasteiger charge is -1.98. The van der Waals surface area contributed by atoms with Crippen LogP contribution in [0.25, 0.3) is 11.3 Å². The molecule has 0 atom stereocenters. The molecule has 0 amide bonds. The predicted molar refractivity (Wildman–Crippen MR) is 69.7 cm³/mol. The molecule has 0 saturated heterocycles. The standard InChI is InChI=1S/C13H13ClN2O2/c1-8-13(9-2-4-10(14)5-3-9)16-11(15-8)6-7-12(17)18/h2-5H,6-7H2,1H3,(H,15,16)(H,17,18). The number of halogens is 1. The van der Waals surface area contributed by atoms with E-state index in [4.69, 9.17) is 16.7 Å². The zero-order valence-electron chi connectivity index (χ0n) is 9.90. The van der Waals surface area contributed by atoms with Crippen LogP contribution in [0.4, 0.5) is 0 Å². The first-order valence-electron chi connectivity index (χ1n) is 5.59. The zero-order valence-corrected chi connectivity index (χ0v) is 10.7. The highest BCUT2D eigenvalue weighted by Crippen LogP contribution is 2.23. The molecule has 0 unspecified atom stereocenters. The van der Waals surface area contributed by atoms with Crippen molar-refractivity contribution in [2.75, 3.05) is 0 Å². The SMILES string of the molecule is Cc1[nH]c(CCC(=O)O)nc1-c1ccc(Cl)cc1. The molecule has 4 nitrogen and oxygen atoms in total. The number of nitrogens with zero attached hydrogens (tertiary/aromatic N) is 1. The third kappa shape index (κ3) is 2.90. The van der Waals surface area contributed by atoms with E-state index in [9.17, 15) is 4.79 Å². The van der Waals surface area contributed by atoms with Crippen LogP contribution in [0.3, 0.4) is 0 Å². The van der Waals surface area contributed by atoms with Gasteiger partial charge >= 0.3 is 5.97 Å². The largest absolute Gasteiger partial charge is 0.481 e. The molecule has 2 rings (SSSR count). The summed E-state index contributed by atoms with van der Waals surface area (Å²) in [6, 6.07) is 7.41. The number of carboxylic acids is 1. The van der Waals surface area contributed by atoms with E-state index in [-0.39, 0.29) is 6.42 Å². The Morgan fingerprint density at radius 2 is 2.06 bits per heavy atom. The van der Waals surface area contributed by atoms with Crippen molar-refractivity contribution < 1.29 is 9.90 Å². The molecule has 0 aliphatic rings. The zero-order chi connectivity index (χ0) is 13.1. The third-order valence-corrected chi connectivity index (χ3v) is 2.88. The van der Waals surface area contributed by atoms with Crippen LogP contribution in [-0.2, 0) is 11.2 Å². The van der Waals surface area contributed by atoms with Crippen LogP contribution in [0.15, 0.2) is 24.3 Å². The summed E-state index contributed by atoms with van der Waals surface area (Å²) in [5.74, 6) is -0.128. The van der Waals surface area contributed by atoms with Crippen molar-refractivity contribution in [2.24, 2.45) is 0 Å². The maximum atomic E-state index is 10.5. The molecule has 2 N–H and O–H groups in total. The highest BCUT2D eigenvalue weighted by molar-refractivity contribution is 6.30. The van der Waals surface area contributed by atoms with E-state index in [1.54, 1.807) is 0 Å². The smallest absolute Gasteiger partial charge is 0.303 e. The van der Waals surface area contributed by atoms with Crippen molar-refractivity contribution in [1.82, 2.24) is 9.97 Å². The van der Waals surface area contributed by atoms with Gasteiger partial charge in [0.25, 0.3) is 0 Å². The average molecular weight is 265 g/mol. The summed E-state index contributed by atoms with van der Waals surface area (Å²) in [6.45, 7) is 1.92. The molecule has 1 aromatic heterocycles. The van der Waals surface area contributed by atoms with Gasteiger partial charge in [-0.3, -0.25) is 4.79 Å². The first-order chi connectivity index (χ1) is 8.56. The predicted octanol–water partition coefficient (Wildman–Crippen LogP) is 3.06. The summed E-state index contributed by atoms with van der Waals surface area (Å²) < 4.78 is 0. The number of benzene rings is 1. The monoisotopic (exact) mass is 264 g/mol. The number of carboxylic acid groups (broad SMARTS) is 1. The van der Waals surface area contributed by atoms with E-state index in [0.717, 1.165) is 17.0 Å². The maximum absolute atomic E-state index is 10.5. The highest BCUT2D eigenvalue weighted by Gasteiger charge is 2.09. The maximum Gasteiger partial charge on any atom is 0.303 e. The van der Waals surface area contributed by atoms with Crippen LogP contribution in [0.2, 0.25) is 5.02 Å². The number of hydrogen-bond acceptors (Lipinski definition) is 2. The molecule has 0 radical (unpaired) electrons. The van der Waals surface area contributed by atoms with Crippen molar-refractivity contribution in [3.8, 4) is 11.3 Å². The van der Waals surface area contributed by atoms with E-state index < -0.39 is 5.97 Å². The Balaban J connectivity index is 2.23. The number of carbonyl (C=O) groups is 1. The summed E-state index contributed by atoms with van der Waals surface area (Å²) in [7, 11) is 0. The van der Waals surface area contributed by atoms with Gasteiger partial charge in [0.15, 0.2) is 0 Å². The van der Waals surface area contributed by atoms with Gasteiger partial charge in [0.1, 0.15) is 5.82 Å². The number of hydrogen-bond donors (Lipinski definition) is 2. The topological polar surface area (TPSA) is 66.0 Å².